The van der Waals surface area contributed by atoms with Crippen LogP contribution in [-0.4, -0.2) is 17.1 Å². The van der Waals surface area contributed by atoms with Gasteiger partial charge in [-0.05, 0) is 42.0 Å². The smallest absolute Gasteiger partial charge is 0.258 e. The average molecular weight is 375 g/mol. The molecule has 1 aromatic heterocycles. The second-order valence-corrected chi connectivity index (χ2v) is 6.16. The number of hydrogen-bond donors (Lipinski definition) is 1. The van der Waals surface area contributed by atoms with Crippen molar-refractivity contribution in [3.63, 3.8) is 0 Å². The van der Waals surface area contributed by atoms with Gasteiger partial charge in [0.1, 0.15) is 10.8 Å². The van der Waals surface area contributed by atoms with E-state index in [0.29, 0.717) is 22.3 Å². The minimum absolute atomic E-state index is 0.123. The molecule has 0 bridgehead atoms. The van der Waals surface area contributed by atoms with E-state index in [1.54, 1.807) is 18.2 Å². The van der Waals surface area contributed by atoms with Gasteiger partial charge in [0.2, 0.25) is 0 Å². The van der Waals surface area contributed by atoms with Crippen LogP contribution in [0.25, 0.3) is 5.69 Å². The van der Waals surface area contributed by atoms with Crippen molar-refractivity contribution < 1.29 is 9.53 Å². The fourth-order valence-corrected chi connectivity index (χ4v) is 2.63. The fourth-order valence-electron chi connectivity index (χ4n) is 2.28. The van der Waals surface area contributed by atoms with Gasteiger partial charge in [0.15, 0.2) is 6.61 Å². The minimum atomic E-state index is -0.231. The first kappa shape index (κ1) is 17.4. The van der Waals surface area contributed by atoms with Crippen LogP contribution in [0.3, 0.4) is 0 Å². The van der Waals surface area contributed by atoms with E-state index in [-0.39, 0.29) is 12.5 Å². The first-order valence-electron chi connectivity index (χ1n) is 7.69. The van der Waals surface area contributed by atoms with Crippen molar-refractivity contribution in [2.75, 3.05) is 6.61 Å². The third kappa shape index (κ3) is 4.56. The molecule has 25 heavy (non-hydrogen) atoms. The van der Waals surface area contributed by atoms with Crippen LogP contribution in [0.4, 0.5) is 0 Å². The van der Waals surface area contributed by atoms with Crippen LogP contribution in [0.2, 0.25) is 10.0 Å². The molecule has 0 aliphatic heterocycles. The van der Waals surface area contributed by atoms with Gasteiger partial charge in [0, 0.05) is 24.6 Å². The highest BCUT2D eigenvalue weighted by Gasteiger charge is 2.08. The first-order valence-corrected chi connectivity index (χ1v) is 8.45. The molecule has 0 radical (unpaired) electrons. The van der Waals surface area contributed by atoms with Crippen molar-refractivity contribution in [1.29, 1.82) is 0 Å². The standard InChI is InChI=1S/C19H16Cl2N2O2/c20-16-4-3-5-17(19(16)21)25-13-18(24)22-12-14-6-8-15(9-7-14)23-10-1-2-11-23/h1-11H,12-13H2,(H,22,24). The lowest BCUT2D eigenvalue weighted by Gasteiger charge is -2.10. The van der Waals surface area contributed by atoms with Gasteiger partial charge in [0.05, 0.1) is 5.02 Å². The van der Waals surface area contributed by atoms with Crippen molar-refractivity contribution in [3.8, 4) is 11.4 Å². The topological polar surface area (TPSA) is 43.3 Å². The number of rotatable bonds is 6. The second-order valence-electron chi connectivity index (χ2n) is 5.37. The summed E-state index contributed by atoms with van der Waals surface area (Å²) in [5.41, 5.74) is 2.07. The molecule has 0 atom stereocenters. The van der Waals surface area contributed by atoms with Gasteiger partial charge in [-0.3, -0.25) is 4.79 Å². The van der Waals surface area contributed by atoms with Gasteiger partial charge in [-0.15, -0.1) is 0 Å². The van der Waals surface area contributed by atoms with Gasteiger partial charge < -0.3 is 14.6 Å². The maximum atomic E-state index is 11.9. The number of halogens is 2. The van der Waals surface area contributed by atoms with Crippen LogP contribution >= 0.6 is 23.2 Å². The summed E-state index contributed by atoms with van der Waals surface area (Å²) in [7, 11) is 0. The fraction of sp³-hybridized carbons (Fsp3) is 0.105. The molecule has 0 aliphatic rings. The SMILES string of the molecule is O=C(COc1cccc(Cl)c1Cl)NCc1ccc(-n2cccc2)cc1. The molecular weight excluding hydrogens is 359 g/mol. The summed E-state index contributed by atoms with van der Waals surface area (Å²) in [6.07, 6.45) is 3.96. The zero-order valence-corrected chi connectivity index (χ0v) is 14.8. The molecule has 3 aromatic rings. The highest BCUT2D eigenvalue weighted by atomic mass is 35.5. The summed E-state index contributed by atoms with van der Waals surface area (Å²) in [4.78, 5) is 11.9. The van der Waals surface area contributed by atoms with Gasteiger partial charge in [-0.25, -0.2) is 0 Å². The lowest BCUT2D eigenvalue weighted by atomic mass is 10.2. The van der Waals surface area contributed by atoms with Crippen molar-refractivity contribution in [2.24, 2.45) is 0 Å². The Morgan fingerprint density at radius 3 is 2.44 bits per heavy atom. The minimum Gasteiger partial charge on any atom is -0.482 e. The zero-order valence-electron chi connectivity index (χ0n) is 13.3. The number of carbonyl (C=O) groups is 1. The molecule has 0 spiro atoms. The van der Waals surface area contributed by atoms with E-state index >= 15 is 0 Å². The lowest BCUT2D eigenvalue weighted by molar-refractivity contribution is -0.123. The molecular formula is C19H16Cl2N2O2. The number of aromatic nitrogens is 1. The Labute approximate surface area is 155 Å². The molecule has 0 fully saturated rings. The molecule has 6 heteroatoms. The Bertz CT molecular complexity index is 846. The molecule has 0 saturated carbocycles. The third-order valence-corrected chi connectivity index (χ3v) is 4.41. The number of nitrogens with one attached hydrogen (secondary N) is 1. The zero-order chi connectivity index (χ0) is 17.6. The van der Waals surface area contributed by atoms with Crippen molar-refractivity contribution >= 4 is 29.1 Å². The number of amides is 1. The Morgan fingerprint density at radius 1 is 1.00 bits per heavy atom. The highest BCUT2D eigenvalue weighted by molar-refractivity contribution is 6.42. The van der Waals surface area contributed by atoms with E-state index < -0.39 is 0 Å². The van der Waals surface area contributed by atoms with E-state index in [1.807, 2.05) is 53.4 Å². The molecule has 0 aliphatic carbocycles. The molecule has 128 valence electrons. The van der Waals surface area contributed by atoms with Crippen LogP contribution in [0.5, 0.6) is 5.75 Å². The lowest BCUT2D eigenvalue weighted by Crippen LogP contribution is -2.28. The Morgan fingerprint density at radius 2 is 1.72 bits per heavy atom. The Balaban J connectivity index is 1.50. The predicted molar refractivity (Wildman–Crippen MR) is 99.6 cm³/mol. The van der Waals surface area contributed by atoms with E-state index in [1.165, 1.54) is 0 Å². The van der Waals surface area contributed by atoms with Gasteiger partial charge in [-0.2, -0.15) is 0 Å². The van der Waals surface area contributed by atoms with Crippen molar-refractivity contribution in [3.05, 3.63) is 82.6 Å². The number of carbonyl (C=O) groups excluding carboxylic acids is 1. The molecule has 2 aromatic carbocycles. The van der Waals surface area contributed by atoms with Crippen LogP contribution in [0.1, 0.15) is 5.56 Å². The van der Waals surface area contributed by atoms with Crippen molar-refractivity contribution in [1.82, 2.24) is 9.88 Å². The second kappa shape index (κ2) is 8.10. The summed E-state index contributed by atoms with van der Waals surface area (Å²) in [6, 6.07) is 17.0. The van der Waals surface area contributed by atoms with E-state index in [4.69, 9.17) is 27.9 Å². The largest absolute Gasteiger partial charge is 0.482 e. The Hall–Kier alpha value is -2.43. The Kier molecular flexibility index (Phi) is 5.64. The maximum absolute atomic E-state index is 11.9. The number of ether oxygens (including phenoxy) is 1. The summed E-state index contributed by atoms with van der Waals surface area (Å²) >= 11 is 11.9. The van der Waals surface area contributed by atoms with Crippen LogP contribution < -0.4 is 10.1 Å². The summed E-state index contributed by atoms with van der Waals surface area (Å²) in [5, 5.41) is 3.51. The summed E-state index contributed by atoms with van der Waals surface area (Å²) in [5.74, 6) is 0.158. The van der Waals surface area contributed by atoms with Crippen LogP contribution in [-0.2, 0) is 11.3 Å². The van der Waals surface area contributed by atoms with Crippen molar-refractivity contribution in [2.45, 2.75) is 6.54 Å². The molecule has 1 amide bonds. The summed E-state index contributed by atoms with van der Waals surface area (Å²) < 4.78 is 7.42. The quantitative estimate of drug-likeness (QED) is 0.691. The highest BCUT2D eigenvalue weighted by Crippen LogP contribution is 2.31. The molecule has 1 heterocycles. The van der Waals surface area contributed by atoms with Crippen LogP contribution in [0.15, 0.2) is 67.0 Å². The number of benzene rings is 2. The maximum Gasteiger partial charge on any atom is 0.258 e. The van der Waals surface area contributed by atoms with Gasteiger partial charge in [0.25, 0.3) is 5.91 Å². The number of nitrogens with zero attached hydrogens (tertiary/aromatic N) is 1. The molecule has 0 saturated heterocycles. The third-order valence-electron chi connectivity index (χ3n) is 3.60. The molecule has 1 N–H and O–H groups in total. The monoisotopic (exact) mass is 374 g/mol. The van der Waals surface area contributed by atoms with E-state index in [0.717, 1.165) is 11.3 Å². The molecule has 3 rings (SSSR count). The van der Waals surface area contributed by atoms with Crippen LogP contribution in [0, 0.1) is 0 Å². The van der Waals surface area contributed by atoms with Gasteiger partial charge >= 0.3 is 0 Å². The van der Waals surface area contributed by atoms with Gasteiger partial charge in [-0.1, -0.05) is 41.4 Å². The van der Waals surface area contributed by atoms with E-state index in [9.17, 15) is 4.79 Å². The predicted octanol–water partition coefficient (Wildman–Crippen LogP) is 4.48. The summed E-state index contributed by atoms with van der Waals surface area (Å²) in [6.45, 7) is 0.305. The number of hydrogen-bond acceptors (Lipinski definition) is 2. The van der Waals surface area contributed by atoms with E-state index in [2.05, 4.69) is 5.32 Å². The normalized spacial score (nSPS) is 10.5. The first-order chi connectivity index (χ1) is 12.1. The molecule has 4 nitrogen and oxygen atoms in total. The molecule has 0 unspecified atom stereocenters. The average Bonchev–Trinajstić information content (AvgIpc) is 3.16.